The summed E-state index contributed by atoms with van der Waals surface area (Å²) in [5.74, 6) is 1.54. The van der Waals surface area contributed by atoms with Gasteiger partial charge in [0.1, 0.15) is 5.75 Å². The molecule has 0 heterocycles. The van der Waals surface area contributed by atoms with Crippen LogP contribution in [0.15, 0.2) is 24.3 Å². The Bertz CT molecular complexity index is 427. The SMILES string of the molecule is CCN[C@H](C)CNC(=O)c1ccc(OCC2CC2)cc1. The quantitative estimate of drug-likeness (QED) is 0.765. The van der Waals surface area contributed by atoms with E-state index in [1.165, 1.54) is 12.8 Å². The van der Waals surface area contributed by atoms with Gasteiger partial charge >= 0.3 is 0 Å². The second kappa shape index (κ2) is 7.29. The average Bonchev–Trinajstić information content (AvgIpc) is 3.28. The lowest BCUT2D eigenvalue weighted by atomic mass is 10.2. The predicted molar refractivity (Wildman–Crippen MR) is 80.1 cm³/mol. The summed E-state index contributed by atoms with van der Waals surface area (Å²) in [6.07, 6.45) is 2.56. The number of rotatable bonds is 8. The van der Waals surface area contributed by atoms with Crippen molar-refractivity contribution in [3.8, 4) is 5.75 Å². The number of hydrogen-bond acceptors (Lipinski definition) is 3. The second-order valence-electron chi connectivity index (χ2n) is 5.45. The van der Waals surface area contributed by atoms with Gasteiger partial charge < -0.3 is 15.4 Å². The number of carbonyl (C=O) groups excluding carboxylic acids is 1. The summed E-state index contributed by atoms with van der Waals surface area (Å²) >= 11 is 0. The van der Waals surface area contributed by atoms with E-state index in [1.807, 2.05) is 24.3 Å². The highest BCUT2D eigenvalue weighted by atomic mass is 16.5. The molecule has 1 aliphatic rings. The zero-order valence-electron chi connectivity index (χ0n) is 12.3. The summed E-state index contributed by atoms with van der Waals surface area (Å²) in [4.78, 5) is 12.0. The lowest BCUT2D eigenvalue weighted by Crippen LogP contribution is -2.38. The summed E-state index contributed by atoms with van der Waals surface area (Å²) in [5, 5.41) is 6.18. The van der Waals surface area contributed by atoms with E-state index in [1.54, 1.807) is 0 Å². The molecule has 1 aromatic carbocycles. The van der Waals surface area contributed by atoms with Crippen molar-refractivity contribution < 1.29 is 9.53 Å². The molecule has 2 rings (SSSR count). The van der Waals surface area contributed by atoms with Crippen LogP contribution < -0.4 is 15.4 Å². The van der Waals surface area contributed by atoms with Crippen molar-refractivity contribution in [2.45, 2.75) is 32.7 Å². The fourth-order valence-corrected chi connectivity index (χ4v) is 1.97. The van der Waals surface area contributed by atoms with Crippen molar-refractivity contribution in [3.05, 3.63) is 29.8 Å². The molecule has 0 bridgehead atoms. The fraction of sp³-hybridized carbons (Fsp3) is 0.562. The number of hydrogen-bond donors (Lipinski definition) is 2. The zero-order valence-corrected chi connectivity index (χ0v) is 12.3. The van der Waals surface area contributed by atoms with Crippen molar-refractivity contribution in [2.24, 2.45) is 5.92 Å². The topological polar surface area (TPSA) is 50.4 Å². The predicted octanol–water partition coefficient (Wildman–Crippen LogP) is 2.20. The Kier molecular flexibility index (Phi) is 5.41. The summed E-state index contributed by atoms with van der Waals surface area (Å²) in [6, 6.07) is 7.64. The Morgan fingerprint density at radius 1 is 1.35 bits per heavy atom. The van der Waals surface area contributed by atoms with Gasteiger partial charge in [0.15, 0.2) is 0 Å². The van der Waals surface area contributed by atoms with Gasteiger partial charge in [0.2, 0.25) is 0 Å². The monoisotopic (exact) mass is 276 g/mol. The molecule has 1 atom stereocenters. The van der Waals surface area contributed by atoms with Crippen LogP contribution in [0.25, 0.3) is 0 Å². The maximum Gasteiger partial charge on any atom is 0.251 e. The maximum absolute atomic E-state index is 12.0. The molecular weight excluding hydrogens is 252 g/mol. The molecule has 1 amide bonds. The Hall–Kier alpha value is -1.55. The number of nitrogens with one attached hydrogen (secondary N) is 2. The van der Waals surface area contributed by atoms with Gasteiger partial charge in [-0.15, -0.1) is 0 Å². The highest BCUT2D eigenvalue weighted by Crippen LogP contribution is 2.29. The number of carbonyl (C=O) groups is 1. The van der Waals surface area contributed by atoms with Gasteiger partial charge in [-0.05, 0) is 56.5 Å². The molecule has 1 fully saturated rings. The fourth-order valence-electron chi connectivity index (χ4n) is 1.97. The normalized spacial score (nSPS) is 15.7. The van der Waals surface area contributed by atoms with Gasteiger partial charge in [0, 0.05) is 18.2 Å². The minimum atomic E-state index is -0.0384. The van der Waals surface area contributed by atoms with Crippen molar-refractivity contribution in [1.82, 2.24) is 10.6 Å². The molecular formula is C16H24N2O2. The molecule has 0 radical (unpaired) electrons. The number of likely N-dealkylation sites (N-methyl/N-ethyl adjacent to an activating group) is 1. The van der Waals surface area contributed by atoms with Crippen molar-refractivity contribution in [2.75, 3.05) is 19.7 Å². The molecule has 2 N–H and O–H groups in total. The van der Waals surface area contributed by atoms with Crippen LogP contribution in [-0.2, 0) is 0 Å². The van der Waals surface area contributed by atoms with Crippen LogP contribution in [0.1, 0.15) is 37.0 Å². The summed E-state index contributed by atoms with van der Waals surface area (Å²) < 4.78 is 5.65. The van der Waals surface area contributed by atoms with Gasteiger partial charge in [-0.3, -0.25) is 4.79 Å². The molecule has 0 unspecified atom stereocenters. The number of benzene rings is 1. The molecule has 0 spiro atoms. The second-order valence-corrected chi connectivity index (χ2v) is 5.45. The Balaban J connectivity index is 1.77. The van der Waals surface area contributed by atoms with E-state index in [-0.39, 0.29) is 11.9 Å². The molecule has 1 aliphatic carbocycles. The van der Waals surface area contributed by atoms with Crippen LogP contribution in [-0.4, -0.2) is 31.6 Å². The standard InChI is InChI=1S/C16H24N2O2/c1-3-17-12(2)10-18-16(19)14-6-8-15(9-7-14)20-11-13-4-5-13/h6-9,12-13,17H,3-5,10-11H2,1-2H3,(H,18,19)/t12-/m1/s1. The number of ether oxygens (including phenoxy) is 1. The van der Waals surface area contributed by atoms with Crippen LogP contribution in [0.3, 0.4) is 0 Å². The Morgan fingerprint density at radius 3 is 2.65 bits per heavy atom. The minimum absolute atomic E-state index is 0.0384. The first-order chi connectivity index (χ1) is 9.69. The average molecular weight is 276 g/mol. The van der Waals surface area contributed by atoms with Crippen molar-refractivity contribution in [3.63, 3.8) is 0 Å². The number of amides is 1. The molecule has 0 saturated heterocycles. The first-order valence-corrected chi connectivity index (χ1v) is 7.43. The molecule has 4 nitrogen and oxygen atoms in total. The van der Waals surface area contributed by atoms with Crippen LogP contribution >= 0.6 is 0 Å². The third-order valence-corrected chi connectivity index (χ3v) is 3.42. The minimum Gasteiger partial charge on any atom is -0.493 e. The molecule has 0 aromatic heterocycles. The van der Waals surface area contributed by atoms with Gasteiger partial charge in [0.05, 0.1) is 6.61 Å². The molecule has 1 aromatic rings. The van der Waals surface area contributed by atoms with Crippen LogP contribution in [0, 0.1) is 5.92 Å². The Morgan fingerprint density at radius 2 is 2.05 bits per heavy atom. The summed E-state index contributed by atoms with van der Waals surface area (Å²) in [7, 11) is 0. The molecule has 4 heteroatoms. The lowest BCUT2D eigenvalue weighted by Gasteiger charge is -2.13. The van der Waals surface area contributed by atoms with Crippen LogP contribution in [0.4, 0.5) is 0 Å². The molecule has 0 aliphatic heterocycles. The van der Waals surface area contributed by atoms with Gasteiger partial charge in [-0.2, -0.15) is 0 Å². The molecule has 20 heavy (non-hydrogen) atoms. The third-order valence-electron chi connectivity index (χ3n) is 3.42. The molecule has 110 valence electrons. The van der Waals surface area contributed by atoms with Crippen LogP contribution in [0.5, 0.6) is 5.75 Å². The van der Waals surface area contributed by atoms with E-state index in [9.17, 15) is 4.79 Å². The lowest BCUT2D eigenvalue weighted by molar-refractivity contribution is 0.0950. The van der Waals surface area contributed by atoms with E-state index < -0.39 is 0 Å². The highest BCUT2D eigenvalue weighted by molar-refractivity contribution is 5.94. The van der Waals surface area contributed by atoms with E-state index in [2.05, 4.69) is 24.5 Å². The summed E-state index contributed by atoms with van der Waals surface area (Å²) in [5.41, 5.74) is 0.674. The first-order valence-electron chi connectivity index (χ1n) is 7.43. The maximum atomic E-state index is 12.0. The third kappa shape index (κ3) is 4.85. The Labute approximate surface area is 120 Å². The van der Waals surface area contributed by atoms with Crippen LogP contribution in [0.2, 0.25) is 0 Å². The largest absolute Gasteiger partial charge is 0.493 e. The van der Waals surface area contributed by atoms with E-state index >= 15 is 0 Å². The van der Waals surface area contributed by atoms with E-state index in [4.69, 9.17) is 4.74 Å². The highest BCUT2D eigenvalue weighted by Gasteiger charge is 2.21. The van der Waals surface area contributed by atoms with Gasteiger partial charge in [-0.1, -0.05) is 6.92 Å². The zero-order chi connectivity index (χ0) is 14.4. The van der Waals surface area contributed by atoms with Crippen molar-refractivity contribution >= 4 is 5.91 Å². The van der Waals surface area contributed by atoms with E-state index in [0.29, 0.717) is 12.1 Å². The van der Waals surface area contributed by atoms with Gasteiger partial charge in [0.25, 0.3) is 5.91 Å². The van der Waals surface area contributed by atoms with E-state index in [0.717, 1.165) is 24.8 Å². The van der Waals surface area contributed by atoms with Gasteiger partial charge in [-0.25, -0.2) is 0 Å². The summed E-state index contributed by atoms with van der Waals surface area (Å²) in [6.45, 7) is 6.44. The smallest absolute Gasteiger partial charge is 0.251 e. The molecule has 1 saturated carbocycles. The first kappa shape index (κ1) is 14.9. The van der Waals surface area contributed by atoms with Crippen molar-refractivity contribution in [1.29, 1.82) is 0 Å².